The fraction of sp³-hybridized carbons (Fsp3) is 0.250. The van der Waals surface area contributed by atoms with Crippen molar-refractivity contribution in [2.24, 2.45) is 0 Å². The van der Waals surface area contributed by atoms with Crippen LogP contribution in [0.15, 0.2) is 18.2 Å². The molecule has 7 nitrogen and oxygen atoms in total. The molecule has 0 atom stereocenters. The molecule has 0 heterocycles. The van der Waals surface area contributed by atoms with E-state index in [1.807, 2.05) is 0 Å². The first-order valence-corrected chi connectivity index (χ1v) is 5.93. The second-order valence-corrected chi connectivity index (χ2v) is 4.57. The molecule has 1 aromatic rings. The molecule has 16 heavy (non-hydrogen) atoms. The number of non-ortho nitro benzene ring substituents is 1. The summed E-state index contributed by atoms with van der Waals surface area (Å²) in [4.78, 5) is 9.78. The van der Waals surface area contributed by atoms with Gasteiger partial charge < -0.3 is 9.29 Å². The molecule has 0 aliphatic heterocycles. The van der Waals surface area contributed by atoms with Gasteiger partial charge in [-0.05, 0) is 6.07 Å². The van der Waals surface area contributed by atoms with Crippen LogP contribution in [0.25, 0.3) is 0 Å². The van der Waals surface area contributed by atoms with Gasteiger partial charge in [0, 0.05) is 17.7 Å². The van der Waals surface area contributed by atoms with Crippen LogP contribution >= 0.6 is 0 Å². The predicted octanol–water partition coefficient (Wildman–Crippen LogP) is 0.426. The van der Waals surface area contributed by atoms with Crippen molar-refractivity contribution in [3.05, 3.63) is 33.9 Å². The third kappa shape index (κ3) is 3.17. The minimum atomic E-state index is -3.72. The molecule has 0 amide bonds. The van der Waals surface area contributed by atoms with Gasteiger partial charge in [-0.25, -0.2) is 0 Å². The molecule has 0 unspecified atom stereocenters. The summed E-state index contributed by atoms with van der Waals surface area (Å²) in [6.45, 7) is -0.549. The second-order valence-electron chi connectivity index (χ2n) is 2.99. The van der Waals surface area contributed by atoms with E-state index in [0.717, 1.165) is 24.5 Å². The summed E-state index contributed by atoms with van der Waals surface area (Å²) >= 11 is 0. The monoisotopic (exact) mass is 247 g/mol. The van der Waals surface area contributed by atoms with Crippen molar-refractivity contribution in [1.82, 2.24) is 0 Å². The van der Waals surface area contributed by atoms with E-state index < -0.39 is 21.6 Å². The number of nitro groups is 1. The lowest BCUT2D eigenvalue weighted by atomic mass is 10.2. The lowest BCUT2D eigenvalue weighted by Crippen LogP contribution is -2.07. The summed E-state index contributed by atoms with van der Waals surface area (Å²) in [7, 11) is -3.72. The number of nitro benzene ring substituents is 1. The molecule has 1 aromatic carbocycles. The van der Waals surface area contributed by atoms with E-state index >= 15 is 0 Å². The summed E-state index contributed by atoms with van der Waals surface area (Å²) < 4.78 is 26.2. The van der Waals surface area contributed by atoms with Crippen molar-refractivity contribution in [2.75, 3.05) is 6.26 Å². The Morgan fingerprint density at radius 1 is 1.50 bits per heavy atom. The molecule has 0 aliphatic carbocycles. The van der Waals surface area contributed by atoms with Gasteiger partial charge in [-0.3, -0.25) is 10.1 Å². The average molecular weight is 247 g/mol. The van der Waals surface area contributed by atoms with Crippen LogP contribution in [0.3, 0.4) is 0 Å². The number of benzene rings is 1. The van der Waals surface area contributed by atoms with E-state index in [4.69, 9.17) is 5.11 Å². The summed E-state index contributed by atoms with van der Waals surface area (Å²) in [5, 5.41) is 19.4. The second kappa shape index (κ2) is 4.45. The highest BCUT2D eigenvalue weighted by atomic mass is 32.2. The van der Waals surface area contributed by atoms with Crippen LogP contribution in [-0.2, 0) is 16.7 Å². The molecule has 0 aromatic heterocycles. The Kier molecular flexibility index (Phi) is 3.45. The number of aliphatic hydroxyl groups is 1. The topological polar surface area (TPSA) is 107 Å². The highest BCUT2D eigenvalue weighted by Crippen LogP contribution is 2.25. The first-order valence-electron chi connectivity index (χ1n) is 4.11. The Labute approximate surface area is 91.6 Å². The number of nitrogens with zero attached hydrogens (tertiary/aromatic N) is 1. The SMILES string of the molecule is CS(=O)(=O)Oc1ccc([N+](=O)[O-])cc1CO. The van der Waals surface area contributed by atoms with Crippen LogP contribution in [0.4, 0.5) is 5.69 Å². The summed E-state index contributed by atoms with van der Waals surface area (Å²) in [6.07, 6.45) is 0.843. The first kappa shape index (κ1) is 12.4. The molecule has 0 saturated heterocycles. The van der Waals surface area contributed by atoms with Crippen molar-refractivity contribution in [2.45, 2.75) is 6.61 Å². The van der Waals surface area contributed by atoms with E-state index in [9.17, 15) is 18.5 Å². The summed E-state index contributed by atoms with van der Waals surface area (Å²) in [5.41, 5.74) is -0.204. The Morgan fingerprint density at radius 2 is 2.12 bits per heavy atom. The molecule has 8 heteroatoms. The largest absolute Gasteiger partial charge is 0.392 e. The molecular formula is C8H9NO6S. The van der Waals surface area contributed by atoms with E-state index in [2.05, 4.69) is 4.18 Å². The van der Waals surface area contributed by atoms with Crippen LogP contribution in [0.1, 0.15) is 5.56 Å². The van der Waals surface area contributed by atoms with Crippen LogP contribution < -0.4 is 4.18 Å². The highest BCUT2D eigenvalue weighted by Gasteiger charge is 2.14. The quantitative estimate of drug-likeness (QED) is 0.469. The van der Waals surface area contributed by atoms with Crippen LogP contribution in [0.5, 0.6) is 5.75 Å². The Balaban J connectivity index is 3.17. The van der Waals surface area contributed by atoms with E-state index in [1.165, 1.54) is 0 Å². The van der Waals surface area contributed by atoms with Crippen LogP contribution in [0, 0.1) is 10.1 Å². The fourth-order valence-corrected chi connectivity index (χ4v) is 1.54. The van der Waals surface area contributed by atoms with Crippen molar-refractivity contribution in [3.8, 4) is 5.75 Å². The van der Waals surface area contributed by atoms with Crippen molar-refractivity contribution in [3.63, 3.8) is 0 Å². The van der Waals surface area contributed by atoms with Crippen molar-refractivity contribution < 1.29 is 22.6 Å². The number of hydrogen-bond donors (Lipinski definition) is 1. The van der Waals surface area contributed by atoms with Gasteiger partial charge in [0.1, 0.15) is 5.75 Å². The van der Waals surface area contributed by atoms with Gasteiger partial charge in [0.15, 0.2) is 0 Å². The van der Waals surface area contributed by atoms with E-state index in [1.54, 1.807) is 0 Å². The average Bonchev–Trinajstić information content (AvgIpc) is 2.15. The van der Waals surface area contributed by atoms with Gasteiger partial charge in [0.25, 0.3) is 5.69 Å². The zero-order valence-corrected chi connectivity index (χ0v) is 9.10. The van der Waals surface area contributed by atoms with Gasteiger partial charge in [-0.2, -0.15) is 8.42 Å². The Bertz CT molecular complexity index is 509. The van der Waals surface area contributed by atoms with Crippen LogP contribution in [-0.4, -0.2) is 24.7 Å². The maximum atomic E-state index is 10.8. The van der Waals surface area contributed by atoms with Crippen molar-refractivity contribution in [1.29, 1.82) is 0 Å². The van der Waals surface area contributed by atoms with Gasteiger partial charge in [0.2, 0.25) is 0 Å². The molecule has 1 N–H and O–H groups in total. The smallest absolute Gasteiger partial charge is 0.306 e. The molecule has 0 radical (unpaired) electrons. The number of hydrogen-bond acceptors (Lipinski definition) is 6. The summed E-state index contributed by atoms with van der Waals surface area (Å²) in [6, 6.07) is 3.28. The highest BCUT2D eigenvalue weighted by molar-refractivity contribution is 7.86. The third-order valence-corrected chi connectivity index (χ3v) is 2.15. The van der Waals surface area contributed by atoms with E-state index in [-0.39, 0.29) is 17.0 Å². The Hall–Kier alpha value is -1.67. The molecule has 0 aliphatic rings. The van der Waals surface area contributed by atoms with Gasteiger partial charge in [0.05, 0.1) is 17.8 Å². The standard InChI is InChI=1S/C8H9NO6S/c1-16(13,14)15-8-3-2-7(9(11)12)4-6(8)5-10/h2-4,10H,5H2,1H3. The van der Waals surface area contributed by atoms with Gasteiger partial charge >= 0.3 is 10.1 Å². The molecule has 0 spiro atoms. The maximum Gasteiger partial charge on any atom is 0.306 e. The molecule has 0 fully saturated rings. The minimum absolute atomic E-state index is 0.0413. The first-order chi connectivity index (χ1) is 7.33. The van der Waals surface area contributed by atoms with E-state index in [0.29, 0.717) is 0 Å². The fourth-order valence-electron chi connectivity index (χ4n) is 1.05. The molecule has 1 rings (SSSR count). The maximum absolute atomic E-state index is 10.8. The molecule has 88 valence electrons. The molecular weight excluding hydrogens is 238 g/mol. The zero-order chi connectivity index (χ0) is 12.3. The van der Waals surface area contributed by atoms with Gasteiger partial charge in [-0.1, -0.05) is 0 Å². The van der Waals surface area contributed by atoms with Crippen molar-refractivity contribution >= 4 is 15.8 Å². The van der Waals surface area contributed by atoms with Crippen LogP contribution in [0.2, 0.25) is 0 Å². The van der Waals surface area contributed by atoms with Gasteiger partial charge in [-0.15, -0.1) is 0 Å². The third-order valence-electron chi connectivity index (χ3n) is 1.67. The zero-order valence-electron chi connectivity index (χ0n) is 8.28. The number of rotatable bonds is 4. The normalized spacial score (nSPS) is 11.1. The Morgan fingerprint density at radius 3 is 2.56 bits per heavy atom. The lowest BCUT2D eigenvalue weighted by Gasteiger charge is -2.06. The molecule has 0 bridgehead atoms. The lowest BCUT2D eigenvalue weighted by molar-refractivity contribution is -0.385. The molecule has 0 saturated carbocycles. The number of aliphatic hydroxyl groups excluding tert-OH is 1. The predicted molar refractivity (Wildman–Crippen MR) is 54.5 cm³/mol. The summed E-state index contributed by atoms with van der Waals surface area (Å²) in [5.74, 6) is -0.115. The minimum Gasteiger partial charge on any atom is -0.392 e.